The van der Waals surface area contributed by atoms with E-state index in [1.54, 1.807) is 0 Å². The summed E-state index contributed by atoms with van der Waals surface area (Å²) in [6, 6.07) is 14.4. The Bertz CT molecular complexity index is 1000. The molecule has 1 aliphatic heterocycles. The Hall–Kier alpha value is -3.15. The van der Waals surface area contributed by atoms with Crippen molar-refractivity contribution in [1.29, 1.82) is 0 Å². The van der Waals surface area contributed by atoms with Gasteiger partial charge in [0.15, 0.2) is 5.54 Å². The summed E-state index contributed by atoms with van der Waals surface area (Å²) >= 11 is 0. The Morgan fingerprint density at radius 3 is 2.43 bits per heavy atom. The Balaban J connectivity index is 1.68. The number of imide groups is 1. The SMILES string of the molecule is Cc1ccc([C@@]2(c3ccccc3)NC(=O)N(CC(=O)N[C@@H](C)C3CC3)C2=O)cc1C. The zero-order chi connectivity index (χ0) is 21.5. The van der Waals surface area contributed by atoms with Crippen LogP contribution in [0.3, 0.4) is 0 Å². The molecule has 2 aliphatic rings. The van der Waals surface area contributed by atoms with Crippen LogP contribution in [0.1, 0.15) is 42.0 Å². The second kappa shape index (κ2) is 7.59. The molecule has 1 saturated carbocycles. The van der Waals surface area contributed by atoms with Crippen LogP contribution in [0.25, 0.3) is 0 Å². The van der Waals surface area contributed by atoms with Gasteiger partial charge >= 0.3 is 6.03 Å². The van der Waals surface area contributed by atoms with Crippen LogP contribution in [0.2, 0.25) is 0 Å². The molecule has 2 fully saturated rings. The number of nitrogens with one attached hydrogen (secondary N) is 2. The van der Waals surface area contributed by atoms with Crippen LogP contribution < -0.4 is 10.6 Å². The second-order valence-electron chi connectivity index (χ2n) is 8.43. The summed E-state index contributed by atoms with van der Waals surface area (Å²) in [5, 5.41) is 5.82. The summed E-state index contributed by atoms with van der Waals surface area (Å²) in [6.45, 7) is 5.65. The van der Waals surface area contributed by atoms with Gasteiger partial charge in [-0.15, -0.1) is 0 Å². The first-order valence-electron chi connectivity index (χ1n) is 10.4. The smallest absolute Gasteiger partial charge is 0.326 e. The fourth-order valence-electron chi connectivity index (χ4n) is 4.10. The molecule has 0 bridgehead atoms. The van der Waals surface area contributed by atoms with E-state index < -0.39 is 17.5 Å². The lowest BCUT2D eigenvalue weighted by Gasteiger charge is -2.28. The largest absolute Gasteiger partial charge is 0.352 e. The lowest BCUT2D eigenvalue weighted by Crippen LogP contribution is -2.47. The minimum absolute atomic E-state index is 0.0527. The molecule has 2 aromatic carbocycles. The molecule has 1 saturated heterocycles. The number of urea groups is 1. The van der Waals surface area contributed by atoms with E-state index in [1.165, 1.54) is 0 Å². The molecule has 0 unspecified atom stereocenters. The predicted octanol–water partition coefficient (Wildman–Crippen LogP) is 3.01. The fourth-order valence-corrected chi connectivity index (χ4v) is 4.10. The highest BCUT2D eigenvalue weighted by atomic mass is 16.2. The number of benzene rings is 2. The van der Waals surface area contributed by atoms with Crippen molar-refractivity contribution in [2.45, 2.75) is 45.2 Å². The van der Waals surface area contributed by atoms with Crippen LogP contribution in [-0.2, 0) is 15.1 Å². The summed E-state index contributed by atoms with van der Waals surface area (Å²) in [5.74, 6) is -0.256. The van der Waals surface area contributed by atoms with Crippen LogP contribution in [0, 0.1) is 19.8 Å². The van der Waals surface area contributed by atoms with Crippen LogP contribution in [0.15, 0.2) is 48.5 Å². The van der Waals surface area contributed by atoms with Gasteiger partial charge in [0, 0.05) is 6.04 Å². The molecule has 0 aromatic heterocycles. The maximum atomic E-state index is 13.7. The van der Waals surface area contributed by atoms with Crippen molar-refractivity contribution in [3.8, 4) is 0 Å². The number of hydrogen-bond acceptors (Lipinski definition) is 3. The summed E-state index contributed by atoms with van der Waals surface area (Å²) in [6.07, 6.45) is 2.21. The normalized spacial score (nSPS) is 22.0. The summed E-state index contributed by atoms with van der Waals surface area (Å²) < 4.78 is 0. The predicted molar refractivity (Wildman–Crippen MR) is 114 cm³/mol. The zero-order valence-corrected chi connectivity index (χ0v) is 17.6. The molecule has 1 aliphatic carbocycles. The lowest BCUT2D eigenvalue weighted by atomic mass is 9.81. The average molecular weight is 405 g/mol. The molecule has 0 radical (unpaired) electrons. The van der Waals surface area contributed by atoms with Gasteiger partial charge in [0.1, 0.15) is 6.54 Å². The maximum Gasteiger partial charge on any atom is 0.326 e. The highest BCUT2D eigenvalue weighted by Gasteiger charge is 2.54. The highest BCUT2D eigenvalue weighted by Crippen LogP contribution is 2.37. The maximum absolute atomic E-state index is 13.7. The first kappa shape index (κ1) is 20.1. The monoisotopic (exact) mass is 405 g/mol. The number of amides is 4. The molecule has 4 amide bonds. The highest BCUT2D eigenvalue weighted by molar-refractivity contribution is 6.11. The summed E-state index contributed by atoms with van der Waals surface area (Å²) in [7, 11) is 0. The van der Waals surface area contributed by atoms with Gasteiger partial charge < -0.3 is 10.6 Å². The molecule has 156 valence electrons. The molecule has 6 heteroatoms. The van der Waals surface area contributed by atoms with E-state index in [4.69, 9.17) is 0 Å². The van der Waals surface area contributed by atoms with Crippen LogP contribution in [0.4, 0.5) is 4.79 Å². The van der Waals surface area contributed by atoms with E-state index in [9.17, 15) is 14.4 Å². The van der Waals surface area contributed by atoms with Crippen molar-refractivity contribution < 1.29 is 14.4 Å². The van der Waals surface area contributed by atoms with Crippen molar-refractivity contribution >= 4 is 17.8 Å². The fraction of sp³-hybridized carbons (Fsp3) is 0.375. The van der Waals surface area contributed by atoms with Gasteiger partial charge in [-0.3, -0.25) is 14.5 Å². The quantitative estimate of drug-likeness (QED) is 0.725. The Labute approximate surface area is 176 Å². The number of carbonyl (C=O) groups is 3. The number of rotatable bonds is 6. The van der Waals surface area contributed by atoms with Crippen molar-refractivity contribution in [3.63, 3.8) is 0 Å². The van der Waals surface area contributed by atoms with Gasteiger partial charge in [-0.25, -0.2) is 4.79 Å². The first-order valence-corrected chi connectivity index (χ1v) is 10.4. The number of nitrogens with zero attached hydrogens (tertiary/aromatic N) is 1. The minimum atomic E-state index is -1.35. The third-order valence-corrected chi connectivity index (χ3v) is 6.27. The molecule has 6 nitrogen and oxygen atoms in total. The molecular formula is C24H27N3O3. The van der Waals surface area contributed by atoms with E-state index >= 15 is 0 Å². The topological polar surface area (TPSA) is 78.5 Å². The number of carbonyl (C=O) groups excluding carboxylic acids is 3. The molecular weight excluding hydrogens is 378 g/mol. The van der Waals surface area contributed by atoms with Gasteiger partial charge in [0.25, 0.3) is 5.91 Å². The Kier molecular flexibility index (Phi) is 5.10. The second-order valence-corrected chi connectivity index (χ2v) is 8.43. The van der Waals surface area contributed by atoms with E-state index in [0.29, 0.717) is 17.0 Å². The Morgan fingerprint density at radius 1 is 1.10 bits per heavy atom. The van der Waals surface area contributed by atoms with Crippen LogP contribution in [0.5, 0.6) is 0 Å². The van der Waals surface area contributed by atoms with Gasteiger partial charge in [-0.05, 0) is 61.8 Å². The number of aryl methyl sites for hydroxylation is 2. The van der Waals surface area contributed by atoms with Gasteiger partial charge in [0.2, 0.25) is 5.91 Å². The summed E-state index contributed by atoms with van der Waals surface area (Å²) in [4.78, 5) is 40.1. The number of hydrogen-bond donors (Lipinski definition) is 2. The van der Waals surface area contributed by atoms with Crippen molar-refractivity contribution in [2.24, 2.45) is 5.92 Å². The lowest BCUT2D eigenvalue weighted by molar-refractivity contribution is -0.134. The molecule has 0 spiro atoms. The van der Waals surface area contributed by atoms with E-state index in [0.717, 1.165) is 28.9 Å². The van der Waals surface area contributed by atoms with Gasteiger partial charge in [-0.2, -0.15) is 0 Å². The molecule has 1 heterocycles. The van der Waals surface area contributed by atoms with Crippen molar-refractivity contribution in [3.05, 3.63) is 70.8 Å². The third-order valence-electron chi connectivity index (χ3n) is 6.27. The third kappa shape index (κ3) is 3.47. The molecule has 2 N–H and O–H groups in total. The molecule has 4 rings (SSSR count). The molecule has 2 aromatic rings. The van der Waals surface area contributed by atoms with E-state index in [-0.39, 0.29) is 18.5 Å². The molecule has 30 heavy (non-hydrogen) atoms. The first-order chi connectivity index (χ1) is 14.3. The Morgan fingerprint density at radius 2 is 1.80 bits per heavy atom. The van der Waals surface area contributed by atoms with E-state index in [1.807, 2.05) is 69.3 Å². The van der Waals surface area contributed by atoms with Gasteiger partial charge in [0.05, 0.1) is 0 Å². The zero-order valence-electron chi connectivity index (χ0n) is 17.6. The van der Waals surface area contributed by atoms with Gasteiger partial charge in [-0.1, -0.05) is 48.5 Å². The average Bonchev–Trinajstić information content (AvgIpc) is 3.54. The van der Waals surface area contributed by atoms with Crippen molar-refractivity contribution in [2.75, 3.05) is 6.54 Å². The van der Waals surface area contributed by atoms with Crippen LogP contribution >= 0.6 is 0 Å². The van der Waals surface area contributed by atoms with E-state index in [2.05, 4.69) is 10.6 Å². The molecule has 2 atom stereocenters. The van der Waals surface area contributed by atoms with Crippen LogP contribution in [-0.4, -0.2) is 35.3 Å². The van der Waals surface area contributed by atoms with Crippen molar-refractivity contribution in [1.82, 2.24) is 15.5 Å². The summed E-state index contributed by atoms with van der Waals surface area (Å²) in [5.41, 5.74) is 2.13. The standard InChI is InChI=1S/C24H27N3O3/c1-15-9-12-20(13-16(15)2)24(19-7-5-4-6-8-19)22(29)27(23(30)26-24)14-21(28)25-17(3)18-10-11-18/h4-9,12-13,17-18H,10-11,14H2,1-3H3,(H,25,28)(H,26,30)/t17-,24+/m0/s1. The minimum Gasteiger partial charge on any atom is -0.352 e.